The van der Waals surface area contributed by atoms with Crippen LogP contribution in [0.15, 0.2) is 29.9 Å². The monoisotopic (exact) mass is 277 g/mol. The van der Waals surface area contributed by atoms with E-state index in [2.05, 4.69) is 10.3 Å². The van der Waals surface area contributed by atoms with Gasteiger partial charge in [-0.25, -0.2) is 0 Å². The predicted octanol–water partition coefficient (Wildman–Crippen LogP) is 2.05. The Kier molecular flexibility index (Phi) is 4.35. The Bertz CT molecular complexity index is 555. The number of benzene rings is 1. The molecule has 0 saturated heterocycles. The number of ether oxygens (including phenoxy) is 1. The van der Waals surface area contributed by atoms with E-state index in [4.69, 9.17) is 10.5 Å². The lowest BCUT2D eigenvalue weighted by atomic mass is 10.1. The van der Waals surface area contributed by atoms with Gasteiger partial charge in [-0.1, -0.05) is 0 Å². The molecule has 0 spiro atoms. The van der Waals surface area contributed by atoms with Crippen LogP contribution < -0.4 is 15.8 Å². The molecule has 0 atom stereocenters. The fraction of sp³-hybridized carbons (Fsp3) is 0.231. The molecule has 0 saturated carbocycles. The smallest absolute Gasteiger partial charge is 0.251 e. The van der Waals surface area contributed by atoms with Crippen molar-refractivity contribution in [1.82, 2.24) is 10.3 Å². The minimum absolute atomic E-state index is 0.164. The van der Waals surface area contributed by atoms with Crippen LogP contribution in [0.5, 0.6) is 5.75 Å². The molecule has 0 aliphatic carbocycles. The second-order valence-corrected chi connectivity index (χ2v) is 4.81. The second kappa shape index (κ2) is 6.19. The Hall–Kier alpha value is -2.08. The zero-order chi connectivity index (χ0) is 13.7. The van der Waals surface area contributed by atoms with Crippen LogP contribution >= 0.6 is 11.3 Å². The third-order valence-corrected chi connectivity index (χ3v) is 3.26. The maximum Gasteiger partial charge on any atom is 0.251 e. The summed E-state index contributed by atoms with van der Waals surface area (Å²) in [5.74, 6) is 0.435. The molecule has 2 aromatic rings. The first-order chi connectivity index (χ1) is 9.20. The summed E-state index contributed by atoms with van der Waals surface area (Å²) in [6, 6.07) is 5.02. The molecule has 2 rings (SSSR count). The Morgan fingerprint density at radius 1 is 1.53 bits per heavy atom. The van der Waals surface area contributed by atoms with Crippen LogP contribution in [0.2, 0.25) is 0 Å². The number of aromatic nitrogens is 1. The van der Waals surface area contributed by atoms with Crippen molar-refractivity contribution in [3.05, 3.63) is 40.3 Å². The van der Waals surface area contributed by atoms with Crippen molar-refractivity contribution in [2.75, 3.05) is 12.3 Å². The number of nitrogens with two attached hydrogens (primary N) is 1. The molecule has 3 N–H and O–H groups in total. The SMILES string of the molecule is CCOc1ccc(C(=O)NCc2cncs2)cc1N. The van der Waals surface area contributed by atoms with E-state index in [0.717, 1.165) is 4.88 Å². The Balaban J connectivity index is 2.01. The molecule has 0 fully saturated rings. The number of nitrogen functional groups attached to an aromatic ring is 1. The number of amides is 1. The van der Waals surface area contributed by atoms with E-state index >= 15 is 0 Å². The van der Waals surface area contributed by atoms with Crippen molar-refractivity contribution in [2.24, 2.45) is 0 Å². The zero-order valence-corrected chi connectivity index (χ0v) is 11.4. The number of carbonyl (C=O) groups excluding carboxylic acids is 1. The molecule has 0 aliphatic rings. The molecule has 1 amide bonds. The zero-order valence-electron chi connectivity index (χ0n) is 10.6. The molecule has 1 aromatic carbocycles. The summed E-state index contributed by atoms with van der Waals surface area (Å²) >= 11 is 1.50. The molecule has 6 heteroatoms. The van der Waals surface area contributed by atoms with E-state index in [1.807, 2.05) is 6.92 Å². The molecule has 0 radical (unpaired) electrons. The maximum absolute atomic E-state index is 11.9. The highest BCUT2D eigenvalue weighted by atomic mass is 32.1. The van der Waals surface area contributed by atoms with Gasteiger partial charge in [-0.15, -0.1) is 11.3 Å². The van der Waals surface area contributed by atoms with Crippen molar-refractivity contribution in [2.45, 2.75) is 13.5 Å². The fourth-order valence-corrected chi connectivity index (χ4v) is 2.11. The topological polar surface area (TPSA) is 77.2 Å². The largest absolute Gasteiger partial charge is 0.492 e. The number of hydrogen-bond donors (Lipinski definition) is 2. The Labute approximate surface area is 115 Å². The normalized spacial score (nSPS) is 10.2. The molecule has 19 heavy (non-hydrogen) atoms. The number of carbonyl (C=O) groups is 1. The van der Waals surface area contributed by atoms with Crippen molar-refractivity contribution in [3.8, 4) is 5.75 Å². The third kappa shape index (κ3) is 3.45. The standard InChI is InChI=1S/C13H15N3O2S/c1-2-18-12-4-3-9(5-11(12)14)13(17)16-7-10-6-15-8-19-10/h3-6,8H,2,7,14H2,1H3,(H,16,17). The van der Waals surface area contributed by atoms with Crippen molar-refractivity contribution >= 4 is 22.9 Å². The van der Waals surface area contributed by atoms with E-state index in [9.17, 15) is 4.79 Å². The number of rotatable bonds is 5. The number of hydrogen-bond acceptors (Lipinski definition) is 5. The number of anilines is 1. The van der Waals surface area contributed by atoms with E-state index < -0.39 is 0 Å². The van der Waals surface area contributed by atoms with Crippen molar-refractivity contribution in [1.29, 1.82) is 0 Å². The highest BCUT2D eigenvalue weighted by Gasteiger charge is 2.08. The lowest BCUT2D eigenvalue weighted by molar-refractivity contribution is 0.0951. The molecular formula is C13H15N3O2S. The molecule has 5 nitrogen and oxygen atoms in total. The van der Waals surface area contributed by atoms with E-state index in [1.165, 1.54) is 11.3 Å². The van der Waals surface area contributed by atoms with Gasteiger partial charge in [0.25, 0.3) is 5.91 Å². The first kappa shape index (κ1) is 13.4. The lowest BCUT2D eigenvalue weighted by Gasteiger charge is -2.09. The Morgan fingerprint density at radius 3 is 3.00 bits per heavy atom. The summed E-state index contributed by atoms with van der Waals surface area (Å²) in [4.78, 5) is 16.9. The quantitative estimate of drug-likeness (QED) is 0.820. The molecule has 0 aliphatic heterocycles. The molecule has 0 unspecified atom stereocenters. The minimum Gasteiger partial charge on any atom is -0.492 e. The van der Waals surface area contributed by atoms with Crippen molar-refractivity contribution < 1.29 is 9.53 Å². The van der Waals surface area contributed by atoms with E-state index in [0.29, 0.717) is 30.2 Å². The highest BCUT2D eigenvalue weighted by Crippen LogP contribution is 2.22. The summed E-state index contributed by atoms with van der Waals surface area (Å²) in [7, 11) is 0. The summed E-state index contributed by atoms with van der Waals surface area (Å²) < 4.78 is 5.33. The van der Waals surface area contributed by atoms with Gasteiger partial charge in [-0.3, -0.25) is 9.78 Å². The van der Waals surface area contributed by atoms with Gasteiger partial charge >= 0.3 is 0 Å². The van der Waals surface area contributed by atoms with Crippen LogP contribution in [0.1, 0.15) is 22.2 Å². The number of nitrogens with zero attached hydrogens (tertiary/aromatic N) is 1. The maximum atomic E-state index is 11.9. The summed E-state index contributed by atoms with van der Waals surface area (Å²) in [5, 5.41) is 2.82. The average Bonchev–Trinajstić information content (AvgIpc) is 2.91. The second-order valence-electron chi connectivity index (χ2n) is 3.84. The van der Waals surface area contributed by atoms with Gasteiger partial charge in [0.05, 0.1) is 24.3 Å². The number of nitrogens with one attached hydrogen (secondary N) is 1. The van der Waals surface area contributed by atoms with Crippen molar-refractivity contribution in [3.63, 3.8) is 0 Å². The van der Waals surface area contributed by atoms with Gasteiger partial charge in [-0.2, -0.15) is 0 Å². The van der Waals surface area contributed by atoms with Gasteiger partial charge in [0, 0.05) is 16.6 Å². The summed E-state index contributed by atoms with van der Waals surface area (Å²) in [6.07, 6.45) is 1.73. The van der Waals surface area contributed by atoms with Gasteiger partial charge in [0.2, 0.25) is 0 Å². The van der Waals surface area contributed by atoms with Gasteiger partial charge in [-0.05, 0) is 25.1 Å². The Morgan fingerprint density at radius 2 is 2.37 bits per heavy atom. The molecule has 1 aromatic heterocycles. The number of thiazole rings is 1. The van der Waals surface area contributed by atoms with Crippen LogP contribution in [0, 0.1) is 0 Å². The molecule has 1 heterocycles. The minimum atomic E-state index is -0.164. The van der Waals surface area contributed by atoms with Crippen LogP contribution in [0.4, 0.5) is 5.69 Å². The molecular weight excluding hydrogens is 262 g/mol. The lowest BCUT2D eigenvalue weighted by Crippen LogP contribution is -2.22. The summed E-state index contributed by atoms with van der Waals surface area (Å²) in [5.41, 5.74) is 8.54. The first-order valence-electron chi connectivity index (χ1n) is 5.88. The molecule has 0 bridgehead atoms. The van der Waals surface area contributed by atoms with Gasteiger partial charge in [0.1, 0.15) is 5.75 Å². The van der Waals surface area contributed by atoms with E-state index in [-0.39, 0.29) is 5.91 Å². The summed E-state index contributed by atoms with van der Waals surface area (Å²) in [6.45, 7) is 2.90. The van der Waals surface area contributed by atoms with Gasteiger partial charge < -0.3 is 15.8 Å². The van der Waals surface area contributed by atoms with Crippen LogP contribution in [0.25, 0.3) is 0 Å². The van der Waals surface area contributed by atoms with E-state index in [1.54, 1.807) is 29.9 Å². The van der Waals surface area contributed by atoms with Crippen LogP contribution in [-0.2, 0) is 6.54 Å². The predicted molar refractivity (Wildman–Crippen MR) is 75.3 cm³/mol. The third-order valence-electron chi connectivity index (χ3n) is 2.48. The van der Waals surface area contributed by atoms with Crippen LogP contribution in [-0.4, -0.2) is 17.5 Å². The van der Waals surface area contributed by atoms with Gasteiger partial charge in [0.15, 0.2) is 0 Å². The molecule has 100 valence electrons. The first-order valence-corrected chi connectivity index (χ1v) is 6.76. The average molecular weight is 277 g/mol. The fourth-order valence-electron chi connectivity index (χ4n) is 1.58. The highest BCUT2D eigenvalue weighted by molar-refractivity contribution is 7.09. The van der Waals surface area contributed by atoms with Crippen LogP contribution in [0.3, 0.4) is 0 Å².